The molecule has 2 N–H and O–H groups in total. The number of nitrogens with zero attached hydrogens (tertiary/aromatic N) is 2. The lowest BCUT2D eigenvalue weighted by Crippen LogP contribution is -2.31. The predicted molar refractivity (Wildman–Crippen MR) is 119 cm³/mol. The van der Waals surface area contributed by atoms with Gasteiger partial charge in [-0.05, 0) is 47.7 Å². The van der Waals surface area contributed by atoms with Gasteiger partial charge in [0.15, 0.2) is 0 Å². The lowest BCUT2D eigenvalue weighted by molar-refractivity contribution is -0.123. The van der Waals surface area contributed by atoms with E-state index in [1.807, 2.05) is 30.6 Å². The number of aliphatic imine (C=N–C) groups is 1. The van der Waals surface area contributed by atoms with Crippen molar-refractivity contribution in [3.8, 4) is 11.1 Å². The number of carbonyl (C=O) groups is 1. The van der Waals surface area contributed by atoms with Crippen LogP contribution in [0.1, 0.15) is 35.1 Å². The second-order valence-corrected chi connectivity index (χ2v) is 7.63. The first-order chi connectivity index (χ1) is 14.6. The Hall–Kier alpha value is -3.31. The Morgan fingerprint density at radius 2 is 1.93 bits per heavy atom. The highest BCUT2D eigenvalue weighted by atomic mass is 16.3. The summed E-state index contributed by atoms with van der Waals surface area (Å²) in [6.45, 7) is 2.77. The van der Waals surface area contributed by atoms with Crippen LogP contribution >= 0.6 is 0 Å². The molecule has 30 heavy (non-hydrogen) atoms. The fraction of sp³-hybridized carbons (Fsp3) is 0.240. The molecule has 3 aromatic rings. The molecule has 1 amide bonds. The molecule has 2 aromatic carbocycles. The van der Waals surface area contributed by atoms with Crippen molar-refractivity contribution >= 4 is 11.6 Å². The fourth-order valence-electron chi connectivity index (χ4n) is 3.89. The zero-order valence-corrected chi connectivity index (χ0v) is 17.0. The van der Waals surface area contributed by atoms with Gasteiger partial charge in [0.2, 0.25) is 5.91 Å². The predicted octanol–water partition coefficient (Wildman–Crippen LogP) is 3.51. The SMILES string of the molecule is CC1=NCc2ccc(-c3cncc(C[C@@H](CNC(=O)CO)c4ccccc4)c3)cc21. The maximum Gasteiger partial charge on any atom is 0.245 e. The van der Waals surface area contributed by atoms with Gasteiger partial charge in [-0.25, -0.2) is 0 Å². The lowest BCUT2D eigenvalue weighted by Gasteiger charge is -2.18. The first-order valence-corrected chi connectivity index (χ1v) is 10.1. The van der Waals surface area contributed by atoms with E-state index in [9.17, 15) is 4.79 Å². The van der Waals surface area contributed by atoms with Crippen molar-refractivity contribution in [3.63, 3.8) is 0 Å². The van der Waals surface area contributed by atoms with Crippen molar-refractivity contribution < 1.29 is 9.90 Å². The first-order valence-electron chi connectivity index (χ1n) is 10.1. The standard InChI is InChI=1S/C25H25N3O2/c1-17-24-11-20(7-8-21(24)14-27-17)22-9-18(12-26-13-22)10-23(15-28-25(30)16-29)19-5-3-2-4-6-19/h2-9,11-13,23,29H,10,14-16H2,1H3,(H,28,30)/t23-/m0/s1. The molecule has 152 valence electrons. The normalized spacial score (nSPS) is 13.5. The Morgan fingerprint density at radius 1 is 1.10 bits per heavy atom. The van der Waals surface area contributed by atoms with E-state index in [4.69, 9.17) is 5.11 Å². The molecule has 0 fully saturated rings. The van der Waals surface area contributed by atoms with Gasteiger partial charge in [0, 0.05) is 41.7 Å². The van der Waals surface area contributed by atoms with Gasteiger partial charge in [-0.2, -0.15) is 0 Å². The smallest absolute Gasteiger partial charge is 0.245 e. The Bertz CT molecular complexity index is 1080. The van der Waals surface area contributed by atoms with Crippen LogP contribution in [0.3, 0.4) is 0 Å². The van der Waals surface area contributed by atoms with Crippen LogP contribution in [0.15, 0.2) is 72.0 Å². The number of pyridine rings is 1. The van der Waals surface area contributed by atoms with E-state index in [2.05, 4.69) is 58.6 Å². The van der Waals surface area contributed by atoms with Crippen molar-refractivity contribution in [1.82, 2.24) is 10.3 Å². The number of aliphatic hydroxyl groups excluding tert-OH is 1. The van der Waals surface area contributed by atoms with Crippen molar-refractivity contribution in [1.29, 1.82) is 0 Å². The number of fused-ring (bicyclic) bond motifs is 1. The quantitative estimate of drug-likeness (QED) is 0.638. The summed E-state index contributed by atoms with van der Waals surface area (Å²) in [5.41, 5.74) is 8.01. The molecule has 0 unspecified atom stereocenters. The Morgan fingerprint density at radius 3 is 2.73 bits per heavy atom. The van der Waals surface area contributed by atoms with Gasteiger partial charge in [0.1, 0.15) is 6.61 Å². The Balaban J connectivity index is 1.58. The minimum absolute atomic E-state index is 0.0909. The van der Waals surface area contributed by atoms with Gasteiger partial charge in [-0.1, -0.05) is 42.5 Å². The van der Waals surface area contributed by atoms with Crippen LogP contribution in [-0.4, -0.2) is 34.9 Å². The van der Waals surface area contributed by atoms with Crippen molar-refractivity contribution in [2.75, 3.05) is 13.2 Å². The highest BCUT2D eigenvalue weighted by molar-refractivity contribution is 6.02. The van der Waals surface area contributed by atoms with E-state index in [0.717, 1.165) is 40.9 Å². The van der Waals surface area contributed by atoms with E-state index in [1.165, 1.54) is 11.1 Å². The average molecular weight is 399 g/mol. The van der Waals surface area contributed by atoms with Crippen LogP contribution in [0.4, 0.5) is 0 Å². The molecule has 4 rings (SSSR count). The summed E-state index contributed by atoms with van der Waals surface area (Å²) in [4.78, 5) is 20.6. The van der Waals surface area contributed by atoms with Gasteiger partial charge < -0.3 is 10.4 Å². The third-order valence-electron chi connectivity index (χ3n) is 5.56. The van der Waals surface area contributed by atoms with Gasteiger partial charge in [0.25, 0.3) is 0 Å². The lowest BCUT2D eigenvalue weighted by atomic mass is 9.91. The van der Waals surface area contributed by atoms with Crippen LogP contribution in [0, 0.1) is 0 Å². The summed E-state index contributed by atoms with van der Waals surface area (Å²) >= 11 is 0. The van der Waals surface area contributed by atoms with E-state index < -0.39 is 6.61 Å². The summed E-state index contributed by atoms with van der Waals surface area (Å²) in [6, 6.07) is 18.7. The van der Waals surface area contributed by atoms with Crippen LogP contribution in [0.2, 0.25) is 0 Å². The molecule has 1 aliphatic rings. The number of benzene rings is 2. The van der Waals surface area contributed by atoms with Gasteiger partial charge in [-0.15, -0.1) is 0 Å². The second-order valence-electron chi connectivity index (χ2n) is 7.63. The van der Waals surface area contributed by atoms with Crippen molar-refractivity contribution in [2.45, 2.75) is 25.8 Å². The molecule has 1 aromatic heterocycles. The van der Waals surface area contributed by atoms with E-state index in [0.29, 0.717) is 6.54 Å². The third-order valence-corrected chi connectivity index (χ3v) is 5.56. The molecule has 5 heteroatoms. The number of amides is 1. The molecule has 0 saturated carbocycles. The molecule has 0 aliphatic carbocycles. The van der Waals surface area contributed by atoms with E-state index in [1.54, 1.807) is 0 Å². The minimum Gasteiger partial charge on any atom is -0.387 e. The van der Waals surface area contributed by atoms with Crippen molar-refractivity contribution in [3.05, 3.63) is 89.2 Å². The maximum atomic E-state index is 11.6. The maximum absolute atomic E-state index is 11.6. The van der Waals surface area contributed by atoms with Crippen LogP contribution < -0.4 is 5.32 Å². The summed E-state index contributed by atoms with van der Waals surface area (Å²) in [5, 5.41) is 11.8. The second kappa shape index (κ2) is 9.01. The number of hydrogen-bond acceptors (Lipinski definition) is 4. The molecule has 2 heterocycles. The zero-order valence-electron chi connectivity index (χ0n) is 17.0. The van der Waals surface area contributed by atoms with Crippen LogP contribution in [0.25, 0.3) is 11.1 Å². The molecule has 0 radical (unpaired) electrons. The zero-order chi connectivity index (χ0) is 20.9. The van der Waals surface area contributed by atoms with Gasteiger partial charge in [-0.3, -0.25) is 14.8 Å². The topological polar surface area (TPSA) is 74.6 Å². The summed E-state index contributed by atoms with van der Waals surface area (Å²) in [6.07, 6.45) is 4.51. The molecule has 1 atom stereocenters. The minimum atomic E-state index is -0.500. The molecule has 0 saturated heterocycles. The monoisotopic (exact) mass is 399 g/mol. The largest absolute Gasteiger partial charge is 0.387 e. The molecular weight excluding hydrogens is 374 g/mol. The number of nitrogens with one attached hydrogen (secondary N) is 1. The van der Waals surface area contributed by atoms with Crippen LogP contribution in [-0.2, 0) is 17.8 Å². The average Bonchev–Trinajstić information content (AvgIpc) is 3.17. The molecule has 1 aliphatic heterocycles. The summed E-state index contributed by atoms with van der Waals surface area (Å²) in [7, 11) is 0. The molecule has 0 spiro atoms. The molecule has 5 nitrogen and oxygen atoms in total. The fourth-order valence-corrected chi connectivity index (χ4v) is 3.89. The first kappa shape index (κ1) is 20.0. The summed E-state index contributed by atoms with van der Waals surface area (Å²) in [5.74, 6) is -0.272. The van der Waals surface area contributed by atoms with E-state index in [-0.39, 0.29) is 11.8 Å². The van der Waals surface area contributed by atoms with Gasteiger partial charge in [0.05, 0.1) is 6.54 Å². The van der Waals surface area contributed by atoms with E-state index >= 15 is 0 Å². The molecular formula is C25H25N3O2. The Kier molecular flexibility index (Phi) is 6.00. The number of hydrogen-bond donors (Lipinski definition) is 2. The highest BCUT2D eigenvalue weighted by Crippen LogP contribution is 2.28. The van der Waals surface area contributed by atoms with Gasteiger partial charge >= 0.3 is 0 Å². The third kappa shape index (κ3) is 4.47. The molecule has 0 bridgehead atoms. The van der Waals surface area contributed by atoms with Crippen LogP contribution in [0.5, 0.6) is 0 Å². The highest BCUT2D eigenvalue weighted by Gasteiger charge is 2.16. The number of carbonyl (C=O) groups excluding carboxylic acids is 1. The Labute approximate surface area is 176 Å². The number of aliphatic hydroxyl groups is 1. The number of rotatable bonds is 7. The number of aromatic nitrogens is 1. The van der Waals surface area contributed by atoms with Crippen molar-refractivity contribution in [2.24, 2.45) is 4.99 Å². The summed E-state index contributed by atoms with van der Waals surface area (Å²) < 4.78 is 0.